The minimum absolute atomic E-state index is 0.369. The summed E-state index contributed by atoms with van der Waals surface area (Å²) in [5, 5.41) is 4.37. The van der Waals surface area contributed by atoms with Crippen LogP contribution in [-0.2, 0) is 12.8 Å². The molecule has 5 nitrogen and oxygen atoms in total. The third kappa shape index (κ3) is 3.28. The number of benzene rings is 1. The molecule has 2 aliphatic rings. The van der Waals surface area contributed by atoms with E-state index in [1.165, 1.54) is 30.5 Å². The van der Waals surface area contributed by atoms with Gasteiger partial charge in [0.2, 0.25) is 5.89 Å². The van der Waals surface area contributed by atoms with Gasteiger partial charge in [-0.3, -0.25) is 9.88 Å². The van der Waals surface area contributed by atoms with Gasteiger partial charge >= 0.3 is 0 Å². The third-order valence-electron chi connectivity index (χ3n) is 6.03. The van der Waals surface area contributed by atoms with Crippen LogP contribution in [0.4, 0.5) is 0 Å². The molecule has 1 aromatic carbocycles. The van der Waals surface area contributed by atoms with Gasteiger partial charge in [-0.25, -0.2) is 0 Å². The highest BCUT2D eigenvalue weighted by Crippen LogP contribution is 2.48. The zero-order chi connectivity index (χ0) is 18.1. The van der Waals surface area contributed by atoms with Crippen molar-refractivity contribution in [3.8, 4) is 0 Å². The number of pyridine rings is 1. The van der Waals surface area contributed by atoms with E-state index in [2.05, 4.69) is 51.4 Å². The van der Waals surface area contributed by atoms with E-state index in [4.69, 9.17) is 9.51 Å². The van der Waals surface area contributed by atoms with Crippen LogP contribution in [0.1, 0.15) is 54.1 Å². The molecular formula is C22H24N4O. The molecule has 5 rings (SSSR count). The maximum atomic E-state index is 5.59. The first-order valence-corrected chi connectivity index (χ1v) is 9.90. The Morgan fingerprint density at radius 1 is 1.07 bits per heavy atom. The van der Waals surface area contributed by atoms with Gasteiger partial charge in [-0.1, -0.05) is 41.6 Å². The van der Waals surface area contributed by atoms with Gasteiger partial charge in [0.05, 0.1) is 0 Å². The van der Waals surface area contributed by atoms with Gasteiger partial charge < -0.3 is 4.52 Å². The topological polar surface area (TPSA) is 55.1 Å². The average molecular weight is 360 g/mol. The molecule has 0 saturated carbocycles. The summed E-state index contributed by atoms with van der Waals surface area (Å²) in [7, 11) is 0. The van der Waals surface area contributed by atoms with Crippen molar-refractivity contribution in [3.63, 3.8) is 0 Å². The highest BCUT2D eigenvalue weighted by molar-refractivity contribution is 5.24. The zero-order valence-electron chi connectivity index (χ0n) is 15.4. The number of aromatic nitrogens is 3. The smallest absolute Gasteiger partial charge is 0.226 e. The maximum absolute atomic E-state index is 5.59. The molecule has 27 heavy (non-hydrogen) atoms. The Kier molecular flexibility index (Phi) is 4.46. The summed E-state index contributed by atoms with van der Waals surface area (Å²) in [6.07, 6.45) is 8.91. The fourth-order valence-electron chi connectivity index (χ4n) is 4.76. The van der Waals surface area contributed by atoms with Crippen molar-refractivity contribution < 1.29 is 4.52 Å². The maximum Gasteiger partial charge on any atom is 0.226 e. The van der Waals surface area contributed by atoms with E-state index in [1.54, 1.807) is 6.20 Å². The summed E-state index contributed by atoms with van der Waals surface area (Å²) in [4.78, 5) is 11.6. The Morgan fingerprint density at radius 2 is 2.00 bits per heavy atom. The fraction of sp³-hybridized carbons (Fsp3) is 0.409. The lowest BCUT2D eigenvalue weighted by molar-refractivity contribution is 0.243. The Morgan fingerprint density at radius 3 is 2.85 bits per heavy atom. The quantitative estimate of drug-likeness (QED) is 0.690. The van der Waals surface area contributed by atoms with E-state index in [0.29, 0.717) is 18.0 Å². The number of hydrogen-bond donors (Lipinski definition) is 0. The lowest BCUT2D eigenvalue weighted by atomic mass is 9.94. The van der Waals surface area contributed by atoms with Gasteiger partial charge in [0.25, 0.3) is 0 Å². The van der Waals surface area contributed by atoms with Gasteiger partial charge in [-0.2, -0.15) is 4.98 Å². The lowest BCUT2D eigenvalue weighted by Crippen LogP contribution is -2.27. The number of fused-ring (bicyclic) bond motifs is 1. The van der Waals surface area contributed by atoms with Gasteiger partial charge in [0.15, 0.2) is 5.82 Å². The molecule has 0 radical (unpaired) electrons. The van der Waals surface area contributed by atoms with Crippen LogP contribution in [0.25, 0.3) is 0 Å². The normalized spacial score (nSPS) is 25.0. The minimum atomic E-state index is 0.369. The first-order chi connectivity index (χ1) is 13.4. The second-order valence-corrected chi connectivity index (χ2v) is 7.62. The monoisotopic (exact) mass is 360 g/mol. The highest BCUT2D eigenvalue weighted by Gasteiger charge is 2.46. The zero-order valence-corrected chi connectivity index (χ0v) is 15.4. The summed E-state index contributed by atoms with van der Waals surface area (Å²) in [5.74, 6) is 2.00. The Labute approximate surface area is 159 Å². The second kappa shape index (κ2) is 7.24. The van der Waals surface area contributed by atoms with E-state index < -0.39 is 0 Å². The van der Waals surface area contributed by atoms with Crippen molar-refractivity contribution in [2.75, 3.05) is 6.54 Å². The van der Waals surface area contributed by atoms with E-state index >= 15 is 0 Å². The van der Waals surface area contributed by atoms with Crippen LogP contribution in [0.5, 0.6) is 0 Å². The largest absolute Gasteiger partial charge is 0.339 e. The summed E-state index contributed by atoms with van der Waals surface area (Å²) in [6.45, 7) is 1.17. The van der Waals surface area contributed by atoms with E-state index in [-0.39, 0.29) is 0 Å². The molecule has 0 bridgehead atoms. The first kappa shape index (κ1) is 16.6. The number of rotatable bonds is 5. The van der Waals surface area contributed by atoms with Crippen molar-refractivity contribution >= 4 is 0 Å². The molecule has 2 saturated heterocycles. The highest BCUT2D eigenvalue weighted by atomic mass is 16.5. The van der Waals surface area contributed by atoms with E-state index in [1.807, 2.05) is 12.3 Å². The summed E-state index contributed by atoms with van der Waals surface area (Å²) in [5.41, 5.74) is 2.61. The lowest BCUT2D eigenvalue weighted by Gasteiger charge is -2.24. The molecule has 3 aromatic rings. The molecule has 0 aliphatic carbocycles. The fourth-order valence-corrected chi connectivity index (χ4v) is 4.76. The molecule has 0 amide bonds. The molecule has 2 aliphatic heterocycles. The number of aryl methyl sites for hydroxylation is 2. The Hall–Kier alpha value is -2.53. The molecule has 0 unspecified atom stereocenters. The van der Waals surface area contributed by atoms with Crippen molar-refractivity contribution in [1.82, 2.24) is 20.0 Å². The first-order valence-electron chi connectivity index (χ1n) is 9.90. The van der Waals surface area contributed by atoms with Crippen LogP contribution in [0.3, 0.4) is 0 Å². The molecule has 0 spiro atoms. The summed E-state index contributed by atoms with van der Waals surface area (Å²) < 4.78 is 5.59. The van der Waals surface area contributed by atoms with Crippen LogP contribution in [0.15, 0.2) is 59.4 Å². The van der Waals surface area contributed by atoms with Crippen LogP contribution >= 0.6 is 0 Å². The van der Waals surface area contributed by atoms with Gasteiger partial charge in [-0.15, -0.1) is 0 Å². The molecule has 3 atom stereocenters. The molecule has 2 fully saturated rings. The van der Waals surface area contributed by atoms with Crippen LogP contribution < -0.4 is 0 Å². The summed E-state index contributed by atoms with van der Waals surface area (Å²) >= 11 is 0. The van der Waals surface area contributed by atoms with E-state index in [0.717, 1.165) is 31.0 Å². The van der Waals surface area contributed by atoms with Crippen molar-refractivity contribution in [2.24, 2.45) is 0 Å². The molecular weight excluding hydrogens is 336 g/mol. The molecule has 4 heterocycles. The predicted molar refractivity (Wildman–Crippen MR) is 102 cm³/mol. The number of hydrogen-bond acceptors (Lipinski definition) is 5. The van der Waals surface area contributed by atoms with Crippen LogP contribution in [0, 0.1) is 0 Å². The summed E-state index contributed by atoms with van der Waals surface area (Å²) in [6, 6.07) is 15.9. The molecule has 5 heteroatoms. The van der Waals surface area contributed by atoms with Gasteiger partial charge in [0.1, 0.15) is 0 Å². The molecule has 2 aromatic heterocycles. The standard InChI is InChI=1S/C22H24N4O/c1-2-7-17(8-3-1)20-14-18(19-9-5-13-26(19)20)22-24-21(27-25-22)11-10-16-6-4-12-23-15-16/h1-4,6-8,12,15,18-20H,5,9-11,13-14H2/t18-,19+,20-/m0/s1. The van der Waals surface area contributed by atoms with Crippen LogP contribution in [0.2, 0.25) is 0 Å². The Balaban J connectivity index is 1.32. The average Bonchev–Trinajstić information content (AvgIpc) is 3.44. The second-order valence-electron chi connectivity index (χ2n) is 7.62. The third-order valence-corrected chi connectivity index (χ3v) is 6.03. The SMILES string of the molecule is c1ccc([C@@H]2C[C@H](c3noc(CCc4cccnc4)n3)[C@H]3CCCN32)cc1. The van der Waals surface area contributed by atoms with Gasteiger partial charge in [0, 0.05) is 36.8 Å². The van der Waals surface area contributed by atoms with Crippen molar-refractivity contribution in [3.05, 3.63) is 77.7 Å². The molecule has 138 valence electrons. The van der Waals surface area contributed by atoms with Crippen molar-refractivity contribution in [2.45, 2.75) is 50.1 Å². The molecule has 0 N–H and O–H groups in total. The Bertz CT molecular complexity index is 880. The van der Waals surface area contributed by atoms with E-state index in [9.17, 15) is 0 Å². The minimum Gasteiger partial charge on any atom is -0.339 e. The van der Waals surface area contributed by atoms with Crippen LogP contribution in [-0.4, -0.2) is 32.6 Å². The van der Waals surface area contributed by atoms with Crippen molar-refractivity contribution in [1.29, 1.82) is 0 Å². The predicted octanol–water partition coefficient (Wildman–Crippen LogP) is 3.94. The number of nitrogens with zero attached hydrogens (tertiary/aromatic N) is 4. The van der Waals surface area contributed by atoms with Gasteiger partial charge in [-0.05, 0) is 49.4 Å².